The number of hydrogen-bond donors (Lipinski definition) is 2. The Morgan fingerprint density at radius 3 is 2.75 bits per heavy atom. The molecule has 0 aromatic heterocycles. The fourth-order valence-corrected chi connectivity index (χ4v) is 0.866. The molecule has 12 heavy (non-hydrogen) atoms. The van der Waals surface area contributed by atoms with Gasteiger partial charge in [-0.1, -0.05) is 0 Å². The Hall–Kier alpha value is -1.27. The summed E-state index contributed by atoms with van der Waals surface area (Å²) in [5.41, 5.74) is 5.91. The van der Waals surface area contributed by atoms with Crippen molar-refractivity contribution in [2.24, 2.45) is 16.6 Å². The van der Waals surface area contributed by atoms with Gasteiger partial charge < -0.3 is 15.2 Å². The highest BCUT2D eigenvalue weighted by Crippen LogP contribution is 2.08. The summed E-state index contributed by atoms with van der Waals surface area (Å²) in [4.78, 5) is 3.96. The lowest BCUT2D eigenvalue weighted by Crippen LogP contribution is -2.42. The highest BCUT2D eigenvalue weighted by molar-refractivity contribution is 5.92. The van der Waals surface area contributed by atoms with Crippen LogP contribution in [0.15, 0.2) is 16.9 Å². The molecule has 68 valence electrons. The van der Waals surface area contributed by atoms with E-state index < -0.39 is 6.35 Å². The molecular formula is C6H12N4O2. The Bertz CT molecular complexity index is 226. The van der Waals surface area contributed by atoms with Gasteiger partial charge in [0.1, 0.15) is 5.70 Å². The minimum atomic E-state index is -0.563. The van der Waals surface area contributed by atoms with Crippen molar-refractivity contribution in [3.05, 3.63) is 11.9 Å². The Morgan fingerprint density at radius 1 is 1.58 bits per heavy atom. The molecule has 0 radical (unpaired) electrons. The summed E-state index contributed by atoms with van der Waals surface area (Å²) in [6.45, 7) is 0. The summed E-state index contributed by atoms with van der Waals surface area (Å²) in [6, 6.07) is 0. The summed E-state index contributed by atoms with van der Waals surface area (Å²) in [5.74, 6) is 5.82. The molecule has 1 rings (SSSR count). The third-order valence-electron chi connectivity index (χ3n) is 1.42. The Morgan fingerprint density at radius 2 is 2.25 bits per heavy atom. The average molecular weight is 172 g/mol. The average Bonchev–Trinajstić information content (AvgIpc) is 2.05. The minimum absolute atomic E-state index is 0.337. The molecule has 0 aliphatic carbocycles. The van der Waals surface area contributed by atoms with Crippen LogP contribution in [0.1, 0.15) is 0 Å². The van der Waals surface area contributed by atoms with E-state index in [-0.39, 0.29) is 0 Å². The highest BCUT2D eigenvalue weighted by atomic mass is 16.5. The maximum Gasteiger partial charge on any atom is 0.244 e. The molecule has 0 amide bonds. The molecule has 0 spiro atoms. The Kier molecular flexibility index (Phi) is 2.51. The third-order valence-corrected chi connectivity index (χ3v) is 1.42. The van der Waals surface area contributed by atoms with E-state index >= 15 is 0 Å². The first-order chi connectivity index (χ1) is 5.69. The number of hydrazine groups is 1. The van der Waals surface area contributed by atoms with Crippen LogP contribution in [0.4, 0.5) is 0 Å². The van der Waals surface area contributed by atoms with Crippen molar-refractivity contribution in [2.75, 3.05) is 14.2 Å². The third kappa shape index (κ3) is 1.49. The van der Waals surface area contributed by atoms with E-state index in [4.69, 9.17) is 21.1 Å². The molecule has 1 atom stereocenters. The molecule has 6 nitrogen and oxygen atoms in total. The van der Waals surface area contributed by atoms with E-state index in [0.717, 1.165) is 0 Å². The minimum Gasteiger partial charge on any atom is -0.480 e. The van der Waals surface area contributed by atoms with E-state index in [1.807, 2.05) is 0 Å². The second-order valence-corrected chi connectivity index (χ2v) is 2.23. The Labute approximate surface area is 70.4 Å². The van der Waals surface area contributed by atoms with Crippen LogP contribution in [0.5, 0.6) is 0 Å². The van der Waals surface area contributed by atoms with E-state index in [0.29, 0.717) is 11.6 Å². The van der Waals surface area contributed by atoms with Gasteiger partial charge in [-0.3, -0.25) is 5.01 Å². The number of nitrogens with two attached hydrogens (primary N) is 2. The monoisotopic (exact) mass is 172 g/mol. The van der Waals surface area contributed by atoms with Crippen molar-refractivity contribution >= 4 is 5.90 Å². The molecule has 1 aliphatic rings. The van der Waals surface area contributed by atoms with Gasteiger partial charge in [-0.2, -0.15) is 4.99 Å². The molecule has 0 saturated carbocycles. The number of rotatable bonds is 1. The van der Waals surface area contributed by atoms with Crippen LogP contribution in [0.3, 0.4) is 0 Å². The Balaban J connectivity index is 2.81. The molecule has 0 fully saturated rings. The van der Waals surface area contributed by atoms with Crippen LogP contribution in [-0.2, 0) is 9.47 Å². The van der Waals surface area contributed by atoms with Crippen LogP contribution >= 0.6 is 0 Å². The second-order valence-electron chi connectivity index (χ2n) is 2.23. The largest absolute Gasteiger partial charge is 0.480 e. The number of ether oxygens (including phenoxy) is 2. The van der Waals surface area contributed by atoms with Crippen LogP contribution < -0.4 is 11.6 Å². The normalized spacial score (nSPS) is 23.2. The number of nitrogens with zero attached hydrogens (tertiary/aromatic N) is 2. The van der Waals surface area contributed by atoms with Gasteiger partial charge in [0.2, 0.25) is 12.2 Å². The van der Waals surface area contributed by atoms with Crippen LogP contribution in [-0.4, -0.2) is 31.5 Å². The summed E-state index contributed by atoms with van der Waals surface area (Å²) in [5, 5.41) is 1.26. The first kappa shape index (κ1) is 8.82. The smallest absolute Gasteiger partial charge is 0.244 e. The zero-order chi connectivity index (χ0) is 9.14. The van der Waals surface area contributed by atoms with Gasteiger partial charge in [-0.25, -0.2) is 5.84 Å². The lowest BCUT2D eigenvalue weighted by atomic mass is 10.4. The predicted molar refractivity (Wildman–Crippen MR) is 43.5 cm³/mol. The predicted octanol–water partition coefficient (Wildman–Crippen LogP) is -1.05. The summed E-state index contributed by atoms with van der Waals surface area (Å²) < 4.78 is 9.80. The molecule has 0 aromatic carbocycles. The van der Waals surface area contributed by atoms with Gasteiger partial charge in [0, 0.05) is 13.3 Å². The van der Waals surface area contributed by atoms with Gasteiger partial charge in [0.05, 0.1) is 7.11 Å². The molecule has 6 heteroatoms. The zero-order valence-electron chi connectivity index (χ0n) is 7.02. The molecule has 0 bridgehead atoms. The van der Waals surface area contributed by atoms with Gasteiger partial charge in [0.15, 0.2) is 0 Å². The summed E-state index contributed by atoms with van der Waals surface area (Å²) in [7, 11) is 2.98. The van der Waals surface area contributed by atoms with Gasteiger partial charge in [0.25, 0.3) is 0 Å². The molecular weight excluding hydrogens is 160 g/mol. The van der Waals surface area contributed by atoms with E-state index in [2.05, 4.69) is 4.99 Å². The van der Waals surface area contributed by atoms with Crippen LogP contribution in [0, 0.1) is 0 Å². The van der Waals surface area contributed by atoms with Crippen molar-refractivity contribution < 1.29 is 9.47 Å². The van der Waals surface area contributed by atoms with E-state index in [1.54, 1.807) is 0 Å². The number of methoxy groups -OCH3 is 2. The summed E-state index contributed by atoms with van der Waals surface area (Å²) in [6.07, 6.45) is 0.937. The first-order valence-electron chi connectivity index (χ1n) is 3.34. The van der Waals surface area contributed by atoms with Crippen molar-refractivity contribution in [3.63, 3.8) is 0 Å². The maximum atomic E-state index is 5.52. The molecule has 0 aromatic rings. The van der Waals surface area contributed by atoms with Crippen LogP contribution in [0.2, 0.25) is 0 Å². The van der Waals surface area contributed by atoms with Crippen molar-refractivity contribution in [1.29, 1.82) is 0 Å². The molecule has 1 aliphatic heterocycles. The molecule has 1 unspecified atom stereocenters. The number of hydrogen-bond acceptors (Lipinski definition) is 6. The first-order valence-corrected chi connectivity index (χ1v) is 3.34. The van der Waals surface area contributed by atoms with Gasteiger partial charge in [-0.15, -0.1) is 0 Å². The number of aliphatic imine (C=N–C) groups is 1. The van der Waals surface area contributed by atoms with Crippen molar-refractivity contribution in [2.45, 2.75) is 6.35 Å². The highest BCUT2D eigenvalue weighted by Gasteiger charge is 2.19. The van der Waals surface area contributed by atoms with Gasteiger partial charge in [-0.05, 0) is 0 Å². The van der Waals surface area contributed by atoms with Crippen molar-refractivity contribution in [3.8, 4) is 0 Å². The molecule has 1 heterocycles. The quantitative estimate of drug-likeness (QED) is 0.493. The lowest BCUT2D eigenvalue weighted by Gasteiger charge is -2.25. The second kappa shape index (κ2) is 3.42. The topological polar surface area (TPSA) is 86.1 Å². The SMILES string of the molecule is COC1=NC(OC)N(N)C=C1N. The van der Waals surface area contributed by atoms with Gasteiger partial charge >= 0.3 is 0 Å². The zero-order valence-corrected chi connectivity index (χ0v) is 7.02. The molecule has 0 saturated heterocycles. The maximum absolute atomic E-state index is 5.52. The standard InChI is InChI=1S/C6H12N4O2/c1-11-5-4(7)3-10(8)6(9-5)12-2/h3,6H,7-8H2,1-2H3. The van der Waals surface area contributed by atoms with E-state index in [1.165, 1.54) is 25.4 Å². The van der Waals surface area contributed by atoms with E-state index in [9.17, 15) is 0 Å². The fourth-order valence-electron chi connectivity index (χ4n) is 0.866. The van der Waals surface area contributed by atoms with Crippen LogP contribution in [0.25, 0.3) is 0 Å². The molecule has 4 N–H and O–H groups in total. The van der Waals surface area contributed by atoms with Crippen molar-refractivity contribution in [1.82, 2.24) is 5.01 Å². The fraction of sp³-hybridized carbons (Fsp3) is 0.500. The summed E-state index contributed by atoms with van der Waals surface area (Å²) >= 11 is 0. The lowest BCUT2D eigenvalue weighted by molar-refractivity contribution is -0.00296.